The Bertz CT molecular complexity index is 446. The molecular formula is C14H27N3O3S. The summed E-state index contributed by atoms with van der Waals surface area (Å²) in [6.07, 6.45) is 5.46. The molecule has 6 nitrogen and oxygen atoms in total. The molecular weight excluding hydrogens is 290 g/mol. The first-order valence-corrected chi connectivity index (χ1v) is 9.63. The number of amides is 1. The van der Waals surface area contributed by atoms with Crippen LogP contribution in [0, 0.1) is 5.92 Å². The van der Waals surface area contributed by atoms with Gasteiger partial charge in [0.15, 0.2) is 0 Å². The van der Waals surface area contributed by atoms with Crippen molar-refractivity contribution in [3.05, 3.63) is 0 Å². The molecule has 1 aliphatic heterocycles. The molecule has 0 radical (unpaired) electrons. The number of nitrogens with one attached hydrogen (secondary N) is 2. The fraction of sp³-hybridized carbons (Fsp3) is 0.929. The normalized spacial score (nSPS) is 25.7. The predicted molar refractivity (Wildman–Crippen MR) is 82.4 cm³/mol. The van der Waals surface area contributed by atoms with Gasteiger partial charge in [-0.25, -0.2) is 8.42 Å². The predicted octanol–water partition coefficient (Wildman–Crippen LogP) is 0.306. The van der Waals surface area contributed by atoms with Crippen LogP contribution in [0.25, 0.3) is 0 Å². The van der Waals surface area contributed by atoms with Crippen LogP contribution in [0.15, 0.2) is 0 Å². The van der Waals surface area contributed by atoms with E-state index < -0.39 is 16.1 Å². The zero-order valence-corrected chi connectivity index (χ0v) is 13.6. The third kappa shape index (κ3) is 4.40. The highest BCUT2D eigenvalue weighted by molar-refractivity contribution is 7.89. The molecule has 1 heterocycles. The average Bonchev–Trinajstić information content (AvgIpc) is 2.48. The molecule has 2 aliphatic rings. The Labute approximate surface area is 127 Å². The van der Waals surface area contributed by atoms with Gasteiger partial charge in [-0.05, 0) is 25.7 Å². The SMILES string of the molecule is CCNC(=O)C1CNCCN1S(=O)(=O)CC1CCCCC1. The summed E-state index contributed by atoms with van der Waals surface area (Å²) in [5, 5.41) is 5.85. The molecule has 0 aromatic carbocycles. The van der Waals surface area contributed by atoms with Crippen LogP contribution in [0.1, 0.15) is 39.0 Å². The monoisotopic (exact) mass is 317 g/mol. The fourth-order valence-corrected chi connectivity index (χ4v) is 5.33. The lowest BCUT2D eigenvalue weighted by atomic mass is 9.91. The van der Waals surface area contributed by atoms with E-state index in [9.17, 15) is 13.2 Å². The number of carbonyl (C=O) groups is 1. The Morgan fingerprint density at radius 3 is 2.67 bits per heavy atom. The maximum atomic E-state index is 12.7. The van der Waals surface area contributed by atoms with Crippen LogP contribution in [0.4, 0.5) is 0 Å². The van der Waals surface area contributed by atoms with Gasteiger partial charge in [0.2, 0.25) is 15.9 Å². The van der Waals surface area contributed by atoms with Crippen molar-refractivity contribution in [3.8, 4) is 0 Å². The minimum absolute atomic E-state index is 0.197. The molecule has 1 unspecified atom stereocenters. The van der Waals surface area contributed by atoms with E-state index in [1.165, 1.54) is 10.7 Å². The first-order chi connectivity index (χ1) is 10.0. The summed E-state index contributed by atoms with van der Waals surface area (Å²) < 4.78 is 26.8. The van der Waals surface area contributed by atoms with Crippen molar-refractivity contribution < 1.29 is 13.2 Å². The van der Waals surface area contributed by atoms with Crippen LogP contribution in [-0.4, -0.2) is 56.6 Å². The van der Waals surface area contributed by atoms with Gasteiger partial charge >= 0.3 is 0 Å². The Morgan fingerprint density at radius 2 is 2.00 bits per heavy atom. The lowest BCUT2D eigenvalue weighted by Gasteiger charge is -2.35. The molecule has 1 aliphatic carbocycles. The highest BCUT2D eigenvalue weighted by Crippen LogP contribution is 2.26. The molecule has 1 amide bonds. The third-order valence-electron chi connectivity index (χ3n) is 4.38. The molecule has 7 heteroatoms. The van der Waals surface area contributed by atoms with E-state index >= 15 is 0 Å². The van der Waals surface area contributed by atoms with Gasteiger partial charge in [0.1, 0.15) is 6.04 Å². The first kappa shape index (κ1) is 16.7. The molecule has 0 spiro atoms. The van der Waals surface area contributed by atoms with Gasteiger partial charge in [0.05, 0.1) is 5.75 Å². The van der Waals surface area contributed by atoms with Crippen molar-refractivity contribution in [2.45, 2.75) is 45.1 Å². The number of nitrogens with zero attached hydrogens (tertiary/aromatic N) is 1. The Hall–Kier alpha value is -0.660. The van der Waals surface area contributed by atoms with Crippen LogP contribution in [-0.2, 0) is 14.8 Å². The molecule has 2 fully saturated rings. The second-order valence-electron chi connectivity index (χ2n) is 6.01. The van der Waals surface area contributed by atoms with E-state index in [1.54, 1.807) is 0 Å². The summed E-state index contributed by atoms with van der Waals surface area (Å²) in [7, 11) is -3.36. The van der Waals surface area contributed by atoms with Gasteiger partial charge in [0, 0.05) is 26.2 Å². The maximum absolute atomic E-state index is 12.7. The van der Waals surface area contributed by atoms with Gasteiger partial charge in [-0.2, -0.15) is 4.31 Å². The van der Waals surface area contributed by atoms with Gasteiger partial charge in [-0.15, -0.1) is 0 Å². The average molecular weight is 317 g/mol. The largest absolute Gasteiger partial charge is 0.355 e. The fourth-order valence-electron chi connectivity index (χ4n) is 3.28. The summed E-state index contributed by atoms with van der Waals surface area (Å²) in [4.78, 5) is 12.1. The third-order valence-corrected chi connectivity index (χ3v) is 6.42. The van der Waals surface area contributed by atoms with Crippen molar-refractivity contribution in [1.29, 1.82) is 0 Å². The first-order valence-electron chi connectivity index (χ1n) is 8.02. The van der Waals surface area contributed by atoms with Crippen molar-refractivity contribution in [1.82, 2.24) is 14.9 Å². The number of sulfonamides is 1. The number of piperazine rings is 1. The molecule has 0 bridgehead atoms. The lowest BCUT2D eigenvalue weighted by Crippen LogP contribution is -2.60. The molecule has 0 aromatic heterocycles. The topological polar surface area (TPSA) is 78.5 Å². The van der Waals surface area contributed by atoms with E-state index in [0.29, 0.717) is 26.2 Å². The van der Waals surface area contributed by atoms with Crippen LogP contribution >= 0.6 is 0 Å². The number of hydrogen-bond donors (Lipinski definition) is 2. The highest BCUT2D eigenvalue weighted by Gasteiger charge is 2.37. The van der Waals surface area contributed by atoms with Crippen LogP contribution in [0.3, 0.4) is 0 Å². The molecule has 21 heavy (non-hydrogen) atoms. The van der Waals surface area contributed by atoms with Crippen LogP contribution in [0.2, 0.25) is 0 Å². The Balaban J connectivity index is 2.05. The van der Waals surface area contributed by atoms with E-state index in [4.69, 9.17) is 0 Å². The molecule has 2 rings (SSSR count). The van der Waals surface area contributed by atoms with Crippen LogP contribution in [0.5, 0.6) is 0 Å². The zero-order chi connectivity index (χ0) is 15.3. The summed E-state index contributed by atoms with van der Waals surface area (Å²) in [5.41, 5.74) is 0. The van der Waals surface area contributed by atoms with E-state index in [0.717, 1.165) is 25.7 Å². The zero-order valence-electron chi connectivity index (χ0n) is 12.8. The summed E-state index contributed by atoms with van der Waals surface area (Å²) in [5.74, 6) is 0.258. The van der Waals surface area contributed by atoms with Gasteiger partial charge in [-0.3, -0.25) is 4.79 Å². The molecule has 1 saturated heterocycles. The van der Waals surface area contributed by atoms with Crippen molar-refractivity contribution in [2.75, 3.05) is 31.9 Å². The number of likely N-dealkylation sites (N-methyl/N-ethyl adjacent to an activating group) is 1. The van der Waals surface area contributed by atoms with Crippen molar-refractivity contribution in [2.24, 2.45) is 5.92 Å². The Morgan fingerprint density at radius 1 is 1.29 bits per heavy atom. The number of rotatable bonds is 5. The second kappa shape index (κ2) is 7.56. The minimum Gasteiger partial charge on any atom is -0.355 e. The van der Waals surface area contributed by atoms with Crippen molar-refractivity contribution in [3.63, 3.8) is 0 Å². The smallest absolute Gasteiger partial charge is 0.239 e. The van der Waals surface area contributed by atoms with Gasteiger partial charge in [-0.1, -0.05) is 19.3 Å². The second-order valence-corrected chi connectivity index (χ2v) is 7.97. The maximum Gasteiger partial charge on any atom is 0.239 e. The van der Waals surface area contributed by atoms with Gasteiger partial charge < -0.3 is 10.6 Å². The number of carbonyl (C=O) groups excluding carboxylic acids is 1. The summed E-state index contributed by atoms with van der Waals surface area (Å²) >= 11 is 0. The molecule has 0 aromatic rings. The van der Waals surface area contributed by atoms with Crippen LogP contribution < -0.4 is 10.6 Å². The molecule has 122 valence electrons. The lowest BCUT2D eigenvalue weighted by molar-refractivity contribution is -0.125. The van der Waals surface area contributed by atoms with Crippen molar-refractivity contribution >= 4 is 15.9 Å². The summed E-state index contributed by atoms with van der Waals surface area (Å²) in [6, 6.07) is -0.604. The molecule has 1 atom stereocenters. The van der Waals surface area contributed by atoms with E-state index in [2.05, 4.69) is 10.6 Å². The van der Waals surface area contributed by atoms with E-state index in [1.807, 2.05) is 6.92 Å². The number of hydrogen-bond acceptors (Lipinski definition) is 4. The summed E-state index contributed by atoms with van der Waals surface area (Å²) in [6.45, 7) is 3.76. The Kier molecular flexibility index (Phi) is 6.01. The standard InChI is InChI=1S/C14H27N3O3S/c1-2-16-14(18)13-10-15-8-9-17(13)21(19,20)11-12-6-4-3-5-7-12/h12-13,15H,2-11H2,1H3,(H,16,18). The van der Waals surface area contributed by atoms with Gasteiger partial charge in [0.25, 0.3) is 0 Å². The highest BCUT2D eigenvalue weighted by atomic mass is 32.2. The minimum atomic E-state index is -3.36. The van der Waals surface area contributed by atoms with E-state index in [-0.39, 0.29) is 17.6 Å². The quantitative estimate of drug-likeness (QED) is 0.765. The molecule has 1 saturated carbocycles. The molecule has 2 N–H and O–H groups in total.